The van der Waals surface area contributed by atoms with Crippen molar-refractivity contribution in [3.63, 3.8) is 0 Å². The van der Waals surface area contributed by atoms with Gasteiger partial charge in [0.15, 0.2) is 5.16 Å². The topological polar surface area (TPSA) is 59.8 Å². The predicted molar refractivity (Wildman–Crippen MR) is 113 cm³/mol. The molecule has 0 spiro atoms. The number of hydrogen-bond donors (Lipinski definition) is 1. The molecular formula is C22H30N4OS. The van der Waals surface area contributed by atoms with Crippen LogP contribution in [0.4, 0.5) is 0 Å². The third kappa shape index (κ3) is 3.84. The molecule has 1 heterocycles. The van der Waals surface area contributed by atoms with Gasteiger partial charge in [-0.25, -0.2) is 0 Å². The summed E-state index contributed by atoms with van der Waals surface area (Å²) in [6.45, 7) is 8.31. The molecule has 5 nitrogen and oxygen atoms in total. The van der Waals surface area contributed by atoms with Crippen molar-refractivity contribution in [2.24, 2.45) is 17.8 Å². The van der Waals surface area contributed by atoms with Gasteiger partial charge in [0.1, 0.15) is 6.33 Å². The van der Waals surface area contributed by atoms with Gasteiger partial charge in [-0.05, 0) is 76.3 Å². The van der Waals surface area contributed by atoms with Gasteiger partial charge >= 0.3 is 0 Å². The second-order valence-corrected chi connectivity index (χ2v) is 9.98. The molecule has 0 saturated heterocycles. The zero-order chi connectivity index (χ0) is 19.8. The fourth-order valence-electron chi connectivity index (χ4n) is 5.11. The molecule has 2 aliphatic carbocycles. The molecule has 150 valence electrons. The number of nitrogens with one attached hydrogen (secondary N) is 1. The zero-order valence-corrected chi connectivity index (χ0v) is 18.0. The van der Waals surface area contributed by atoms with E-state index in [1.54, 1.807) is 6.33 Å². The molecule has 2 aliphatic rings. The van der Waals surface area contributed by atoms with Gasteiger partial charge in [-0.3, -0.25) is 9.36 Å². The van der Waals surface area contributed by atoms with Gasteiger partial charge in [-0.15, -0.1) is 10.2 Å². The van der Waals surface area contributed by atoms with Gasteiger partial charge in [0, 0.05) is 6.04 Å². The summed E-state index contributed by atoms with van der Waals surface area (Å²) < 4.78 is 1.97. The van der Waals surface area contributed by atoms with Crippen molar-refractivity contribution in [2.75, 3.05) is 0 Å². The number of thioether (sulfide) groups is 1. The number of nitrogens with zero attached hydrogens (tertiary/aromatic N) is 3. The normalized spacial score (nSPS) is 25.6. The Balaban J connectivity index is 1.40. The van der Waals surface area contributed by atoms with Gasteiger partial charge in [0.2, 0.25) is 5.91 Å². The van der Waals surface area contributed by atoms with Crippen LogP contribution in [0.25, 0.3) is 5.69 Å². The molecule has 6 heteroatoms. The molecular weight excluding hydrogens is 368 g/mol. The largest absolute Gasteiger partial charge is 0.352 e. The van der Waals surface area contributed by atoms with E-state index in [0.717, 1.165) is 22.7 Å². The Hall–Kier alpha value is -1.82. The van der Waals surface area contributed by atoms with Gasteiger partial charge in [0.25, 0.3) is 0 Å². The maximum absolute atomic E-state index is 12.8. The van der Waals surface area contributed by atoms with E-state index in [1.807, 2.05) is 11.5 Å². The third-order valence-electron chi connectivity index (χ3n) is 6.58. The van der Waals surface area contributed by atoms with E-state index in [2.05, 4.69) is 54.5 Å². The van der Waals surface area contributed by atoms with Gasteiger partial charge in [0.05, 0.1) is 10.9 Å². The van der Waals surface area contributed by atoms with Crippen LogP contribution < -0.4 is 5.32 Å². The number of hydrogen-bond acceptors (Lipinski definition) is 4. The Morgan fingerprint density at radius 1 is 1.25 bits per heavy atom. The predicted octanol–water partition coefficient (Wildman–Crippen LogP) is 4.31. The lowest BCUT2D eigenvalue weighted by Gasteiger charge is -2.29. The van der Waals surface area contributed by atoms with E-state index in [4.69, 9.17) is 0 Å². The summed E-state index contributed by atoms with van der Waals surface area (Å²) in [6.07, 6.45) is 7.12. The lowest BCUT2D eigenvalue weighted by molar-refractivity contribution is -0.121. The standard InChI is InChI=1S/C22H30N4OS/c1-13-5-8-20(14(2)9-13)26-12-23-25-22(26)28-16(4)21(27)24-15(3)19-11-17-6-7-18(19)10-17/h5,8-9,12,15-19H,6-7,10-11H2,1-4H3,(H,24,27)/t15-,16+,17-,18-,19-/m0/s1. The summed E-state index contributed by atoms with van der Waals surface area (Å²) in [7, 11) is 0. The first-order chi connectivity index (χ1) is 13.4. The molecule has 2 aromatic rings. The van der Waals surface area contributed by atoms with Crippen molar-refractivity contribution < 1.29 is 4.79 Å². The van der Waals surface area contributed by atoms with E-state index in [0.29, 0.717) is 5.92 Å². The fourth-order valence-corrected chi connectivity index (χ4v) is 5.96. The van der Waals surface area contributed by atoms with Crippen LogP contribution >= 0.6 is 11.8 Å². The third-order valence-corrected chi connectivity index (χ3v) is 7.64. The molecule has 28 heavy (non-hydrogen) atoms. The molecule has 2 saturated carbocycles. The molecule has 0 radical (unpaired) electrons. The molecule has 1 N–H and O–H groups in total. The van der Waals surface area contributed by atoms with E-state index in [-0.39, 0.29) is 17.2 Å². The highest BCUT2D eigenvalue weighted by atomic mass is 32.2. The number of amides is 1. The molecule has 5 atom stereocenters. The average Bonchev–Trinajstić information content (AvgIpc) is 3.38. The summed E-state index contributed by atoms with van der Waals surface area (Å²) >= 11 is 1.47. The van der Waals surface area contributed by atoms with Crippen LogP contribution in [0.15, 0.2) is 29.7 Å². The number of aryl methyl sites for hydroxylation is 2. The first kappa shape index (κ1) is 19.5. The molecule has 0 aliphatic heterocycles. The molecule has 0 unspecified atom stereocenters. The number of aromatic nitrogens is 3. The Bertz CT molecular complexity index is 864. The minimum Gasteiger partial charge on any atom is -0.352 e. The monoisotopic (exact) mass is 398 g/mol. The van der Waals surface area contributed by atoms with Crippen molar-refractivity contribution in [3.8, 4) is 5.69 Å². The summed E-state index contributed by atoms with van der Waals surface area (Å²) in [5.74, 6) is 2.46. The van der Waals surface area contributed by atoms with Crippen LogP contribution in [-0.4, -0.2) is 32.0 Å². The van der Waals surface area contributed by atoms with Crippen LogP contribution in [0, 0.1) is 31.6 Å². The van der Waals surface area contributed by atoms with Crippen molar-refractivity contribution in [2.45, 2.75) is 69.8 Å². The summed E-state index contributed by atoms with van der Waals surface area (Å²) in [5, 5.41) is 12.2. The Labute approximate surface area is 171 Å². The molecule has 1 aromatic heterocycles. The lowest BCUT2D eigenvalue weighted by atomic mass is 9.84. The van der Waals surface area contributed by atoms with Gasteiger partial charge in [-0.1, -0.05) is 35.9 Å². The van der Waals surface area contributed by atoms with Crippen molar-refractivity contribution in [1.82, 2.24) is 20.1 Å². The van der Waals surface area contributed by atoms with Crippen LogP contribution in [-0.2, 0) is 4.79 Å². The number of rotatable bonds is 6. The highest BCUT2D eigenvalue weighted by molar-refractivity contribution is 8.00. The SMILES string of the molecule is Cc1ccc(-n2cnnc2S[C@H](C)C(=O)N[C@@H](C)[C@@H]2C[C@H]3CC[C@H]2C3)c(C)c1. The minimum absolute atomic E-state index is 0.0930. The zero-order valence-electron chi connectivity index (χ0n) is 17.2. The lowest BCUT2D eigenvalue weighted by Crippen LogP contribution is -2.43. The van der Waals surface area contributed by atoms with Gasteiger partial charge < -0.3 is 5.32 Å². The highest BCUT2D eigenvalue weighted by Crippen LogP contribution is 2.49. The van der Waals surface area contributed by atoms with Crippen LogP contribution in [0.3, 0.4) is 0 Å². The average molecular weight is 399 g/mol. The Kier molecular flexibility index (Phi) is 5.50. The van der Waals surface area contributed by atoms with Crippen LogP contribution in [0.1, 0.15) is 50.7 Å². The molecule has 1 amide bonds. The Morgan fingerprint density at radius 2 is 2.07 bits per heavy atom. The molecule has 1 aromatic carbocycles. The van der Waals surface area contributed by atoms with Crippen LogP contribution in [0.2, 0.25) is 0 Å². The second-order valence-electron chi connectivity index (χ2n) is 8.67. The second kappa shape index (κ2) is 7.90. The van der Waals surface area contributed by atoms with E-state index < -0.39 is 0 Å². The van der Waals surface area contributed by atoms with E-state index >= 15 is 0 Å². The van der Waals surface area contributed by atoms with E-state index in [1.165, 1.54) is 48.6 Å². The quantitative estimate of drug-likeness (QED) is 0.737. The van der Waals surface area contributed by atoms with Gasteiger partial charge in [-0.2, -0.15) is 0 Å². The van der Waals surface area contributed by atoms with E-state index in [9.17, 15) is 4.79 Å². The number of carbonyl (C=O) groups is 1. The summed E-state index contributed by atoms with van der Waals surface area (Å²) in [5.41, 5.74) is 3.45. The first-order valence-corrected chi connectivity index (χ1v) is 11.2. The maximum atomic E-state index is 12.8. The molecule has 2 bridgehead atoms. The Morgan fingerprint density at radius 3 is 2.75 bits per heavy atom. The van der Waals surface area contributed by atoms with Crippen molar-refractivity contribution >= 4 is 17.7 Å². The molecule has 2 fully saturated rings. The van der Waals surface area contributed by atoms with Crippen molar-refractivity contribution in [3.05, 3.63) is 35.7 Å². The number of carbonyl (C=O) groups excluding carboxylic acids is 1. The number of benzene rings is 1. The minimum atomic E-state index is -0.213. The molecule has 4 rings (SSSR count). The number of fused-ring (bicyclic) bond motifs is 2. The summed E-state index contributed by atoms with van der Waals surface area (Å²) in [6, 6.07) is 6.57. The maximum Gasteiger partial charge on any atom is 0.233 e. The highest BCUT2D eigenvalue weighted by Gasteiger charge is 2.42. The first-order valence-electron chi connectivity index (χ1n) is 10.4. The smallest absolute Gasteiger partial charge is 0.233 e. The van der Waals surface area contributed by atoms with Crippen molar-refractivity contribution in [1.29, 1.82) is 0 Å². The fraction of sp³-hybridized carbons (Fsp3) is 0.591. The summed E-state index contributed by atoms with van der Waals surface area (Å²) in [4.78, 5) is 12.8. The van der Waals surface area contributed by atoms with Crippen LogP contribution in [0.5, 0.6) is 0 Å².